The molecule has 3 nitrogen and oxygen atoms in total. The average Bonchev–Trinajstić information content (AvgIpc) is 2.36. The van der Waals surface area contributed by atoms with Gasteiger partial charge in [-0.25, -0.2) is 4.98 Å². The lowest BCUT2D eigenvalue weighted by atomic mass is 10.5. The predicted octanol–water partition coefficient (Wildman–Crippen LogP) is 1.04. The van der Waals surface area contributed by atoms with Crippen LogP contribution in [0.2, 0.25) is 0 Å². The Balaban J connectivity index is 2.95. The first-order valence-electron chi connectivity index (χ1n) is 3.11. The van der Waals surface area contributed by atoms with Crippen molar-refractivity contribution in [1.29, 1.82) is 0 Å². The molecule has 0 unspecified atom stereocenters. The number of imidazole rings is 1. The SMILES string of the molecule is Cc1cncc2nccn12. The fourth-order valence-electron chi connectivity index (χ4n) is 0.983. The van der Waals surface area contributed by atoms with Crippen LogP contribution in [0.25, 0.3) is 5.65 Å². The Kier molecular flexibility index (Phi) is 0.974. The summed E-state index contributed by atoms with van der Waals surface area (Å²) in [4.78, 5) is 8.08. The molecule has 0 aliphatic carbocycles. The summed E-state index contributed by atoms with van der Waals surface area (Å²) in [7, 11) is 0. The Bertz CT molecular complexity index is 350. The van der Waals surface area contributed by atoms with Gasteiger partial charge in [0.1, 0.15) is 0 Å². The monoisotopic (exact) mass is 133 g/mol. The molecule has 10 heavy (non-hydrogen) atoms. The van der Waals surface area contributed by atoms with Crippen LogP contribution in [0.1, 0.15) is 5.69 Å². The van der Waals surface area contributed by atoms with E-state index in [4.69, 9.17) is 0 Å². The van der Waals surface area contributed by atoms with Gasteiger partial charge in [-0.15, -0.1) is 0 Å². The molecule has 3 heteroatoms. The highest BCUT2D eigenvalue weighted by Gasteiger charge is 1.93. The molecule has 0 saturated carbocycles. The van der Waals surface area contributed by atoms with Gasteiger partial charge in [-0.1, -0.05) is 0 Å². The quantitative estimate of drug-likeness (QED) is 0.537. The fourth-order valence-corrected chi connectivity index (χ4v) is 0.983. The van der Waals surface area contributed by atoms with Crippen molar-refractivity contribution < 1.29 is 0 Å². The van der Waals surface area contributed by atoms with E-state index in [2.05, 4.69) is 9.97 Å². The highest BCUT2D eigenvalue weighted by Crippen LogP contribution is 2.00. The first-order chi connectivity index (χ1) is 4.88. The summed E-state index contributed by atoms with van der Waals surface area (Å²) in [6, 6.07) is 0. The minimum Gasteiger partial charge on any atom is -0.302 e. The minimum absolute atomic E-state index is 0.903. The molecule has 0 aliphatic rings. The number of hydrogen-bond acceptors (Lipinski definition) is 2. The highest BCUT2D eigenvalue weighted by atomic mass is 15.0. The molecule has 0 saturated heterocycles. The number of rotatable bonds is 0. The zero-order valence-electron chi connectivity index (χ0n) is 5.65. The summed E-state index contributed by atoms with van der Waals surface area (Å²) < 4.78 is 1.99. The van der Waals surface area contributed by atoms with Gasteiger partial charge in [0.05, 0.1) is 6.20 Å². The van der Waals surface area contributed by atoms with E-state index >= 15 is 0 Å². The van der Waals surface area contributed by atoms with Gasteiger partial charge in [0.15, 0.2) is 5.65 Å². The van der Waals surface area contributed by atoms with Crippen LogP contribution in [0.15, 0.2) is 24.8 Å². The molecule has 2 rings (SSSR count). The molecule has 2 aromatic heterocycles. The van der Waals surface area contributed by atoms with Crippen LogP contribution in [-0.2, 0) is 0 Å². The van der Waals surface area contributed by atoms with Crippen LogP contribution >= 0.6 is 0 Å². The lowest BCUT2D eigenvalue weighted by Gasteiger charge is -1.94. The normalized spacial score (nSPS) is 10.5. The molecule has 0 atom stereocenters. The van der Waals surface area contributed by atoms with Crippen molar-refractivity contribution in [2.45, 2.75) is 6.92 Å². The Labute approximate surface area is 58.4 Å². The van der Waals surface area contributed by atoms with E-state index < -0.39 is 0 Å². The first kappa shape index (κ1) is 5.41. The molecule has 50 valence electrons. The van der Waals surface area contributed by atoms with Gasteiger partial charge in [0.2, 0.25) is 0 Å². The maximum atomic E-state index is 4.08. The molecule has 0 aromatic carbocycles. The Hall–Kier alpha value is -1.38. The van der Waals surface area contributed by atoms with Crippen molar-refractivity contribution in [2.75, 3.05) is 0 Å². The van der Waals surface area contributed by atoms with Crippen molar-refractivity contribution in [3.8, 4) is 0 Å². The van der Waals surface area contributed by atoms with Crippen molar-refractivity contribution in [3.05, 3.63) is 30.5 Å². The van der Waals surface area contributed by atoms with Gasteiger partial charge in [0.25, 0.3) is 0 Å². The molecule has 0 N–H and O–H groups in total. The van der Waals surface area contributed by atoms with Crippen molar-refractivity contribution >= 4 is 5.65 Å². The third-order valence-corrected chi connectivity index (χ3v) is 1.50. The van der Waals surface area contributed by atoms with E-state index in [1.165, 1.54) is 0 Å². The summed E-state index contributed by atoms with van der Waals surface area (Å²) in [6.45, 7) is 2.00. The number of fused-ring (bicyclic) bond motifs is 1. The second-order valence-corrected chi connectivity index (χ2v) is 2.20. The smallest absolute Gasteiger partial charge is 0.155 e. The molecule has 0 spiro atoms. The van der Waals surface area contributed by atoms with E-state index in [1.54, 1.807) is 12.4 Å². The third-order valence-electron chi connectivity index (χ3n) is 1.50. The highest BCUT2D eigenvalue weighted by molar-refractivity contribution is 5.35. The molecular formula is C7H7N3. The van der Waals surface area contributed by atoms with Crippen LogP contribution in [0.4, 0.5) is 0 Å². The van der Waals surface area contributed by atoms with Gasteiger partial charge in [-0.2, -0.15) is 0 Å². The van der Waals surface area contributed by atoms with Crippen LogP contribution in [0.3, 0.4) is 0 Å². The molecule has 0 fully saturated rings. The van der Waals surface area contributed by atoms with E-state index in [1.807, 2.05) is 23.7 Å². The Morgan fingerprint density at radius 3 is 3.10 bits per heavy atom. The van der Waals surface area contributed by atoms with Crippen LogP contribution < -0.4 is 0 Å². The maximum Gasteiger partial charge on any atom is 0.155 e. The molecule has 0 bridgehead atoms. The van der Waals surface area contributed by atoms with E-state index in [-0.39, 0.29) is 0 Å². The molecule has 2 heterocycles. The number of aromatic nitrogens is 3. The lowest BCUT2D eigenvalue weighted by Crippen LogP contribution is -1.89. The van der Waals surface area contributed by atoms with Crippen molar-refractivity contribution in [2.24, 2.45) is 0 Å². The summed E-state index contributed by atoms with van der Waals surface area (Å²) in [5, 5.41) is 0. The number of aryl methyl sites for hydroxylation is 1. The molecule has 2 aromatic rings. The van der Waals surface area contributed by atoms with Gasteiger partial charge < -0.3 is 4.40 Å². The zero-order chi connectivity index (χ0) is 6.97. The van der Waals surface area contributed by atoms with Crippen LogP contribution in [0, 0.1) is 6.92 Å². The molecule has 0 amide bonds. The van der Waals surface area contributed by atoms with Gasteiger partial charge in [-0.05, 0) is 6.92 Å². The van der Waals surface area contributed by atoms with E-state index in [0.717, 1.165) is 11.3 Å². The summed E-state index contributed by atoms with van der Waals surface area (Å²) in [5.41, 5.74) is 2.01. The Morgan fingerprint density at radius 2 is 2.30 bits per heavy atom. The summed E-state index contributed by atoms with van der Waals surface area (Å²) >= 11 is 0. The van der Waals surface area contributed by atoms with E-state index in [9.17, 15) is 0 Å². The maximum absolute atomic E-state index is 4.08. The lowest BCUT2D eigenvalue weighted by molar-refractivity contribution is 1.05. The van der Waals surface area contributed by atoms with Gasteiger partial charge in [-0.3, -0.25) is 4.98 Å². The number of hydrogen-bond donors (Lipinski definition) is 0. The number of nitrogens with zero attached hydrogens (tertiary/aromatic N) is 3. The topological polar surface area (TPSA) is 30.2 Å². The first-order valence-corrected chi connectivity index (χ1v) is 3.11. The fraction of sp³-hybridized carbons (Fsp3) is 0.143. The zero-order valence-corrected chi connectivity index (χ0v) is 5.65. The standard InChI is InChI=1S/C7H7N3/c1-6-4-8-5-7-9-2-3-10(6)7/h2-5H,1H3. The summed E-state index contributed by atoms with van der Waals surface area (Å²) in [6.07, 6.45) is 7.25. The van der Waals surface area contributed by atoms with Crippen molar-refractivity contribution in [3.63, 3.8) is 0 Å². The van der Waals surface area contributed by atoms with Gasteiger partial charge in [0, 0.05) is 24.3 Å². The average molecular weight is 133 g/mol. The molecule has 0 aliphatic heterocycles. The summed E-state index contributed by atoms with van der Waals surface area (Å²) in [5.74, 6) is 0. The van der Waals surface area contributed by atoms with Gasteiger partial charge >= 0.3 is 0 Å². The molecular weight excluding hydrogens is 126 g/mol. The third kappa shape index (κ3) is 0.603. The van der Waals surface area contributed by atoms with Crippen molar-refractivity contribution in [1.82, 2.24) is 14.4 Å². The van der Waals surface area contributed by atoms with Crippen LogP contribution in [-0.4, -0.2) is 14.4 Å². The van der Waals surface area contributed by atoms with Crippen LogP contribution in [0.5, 0.6) is 0 Å². The van der Waals surface area contributed by atoms with E-state index in [0.29, 0.717) is 0 Å². The molecule has 0 radical (unpaired) electrons. The second-order valence-electron chi connectivity index (χ2n) is 2.20. The minimum atomic E-state index is 0.903. The predicted molar refractivity (Wildman–Crippen MR) is 37.7 cm³/mol. The Morgan fingerprint density at radius 1 is 1.40 bits per heavy atom. The second kappa shape index (κ2) is 1.80. The largest absolute Gasteiger partial charge is 0.302 e.